The van der Waals surface area contributed by atoms with Crippen molar-refractivity contribution in [1.29, 1.82) is 0 Å². The maximum absolute atomic E-state index is 12.4. The summed E-state index contributed by atoms with van der Waals surface area (Å²) in [7, 11) is -0.717. The highest BCUT2D eigenvalue weighted by Crippen LogP contribution is 2.24. The molecule has 2 aromatic rings. The van der Waals surface area contributed by atoms with Crippen molar-refractivity contribution in [3.05, 3.63) is 48.0 Å². The number of nitrogens with zero attached hydrogens (tertiary/aromatic N) is 1. The van der Waals surface area contributed by atoms with Crippen LogP contribution in [0.2, 0.25) is 0 Å². The Morgan fingerprint density at radius 2 is 1.69 bits per heavy atom. The van der Waals surface area contributed by atoms with E-state index >= 15 is 0 Å². The van der Waals surface area contributed by atoms with Gasteiger partial charge < -0.3 is 14.2 Å². The van der Waals surface area contributed by atoms with Gasteiger partial charge in [-0.2, -0.15) is 18.4 Å². The Morgan fingerprint density at radius 1 is 1.04 bits per heavy atom. The number of nitrogens with one attached hydrogen (secondary N) is 1. The molecule has 2 aromatic carbocycles. The number of benzene rings is 2. The summed E-state index contributed by atoms with van der Waals surface area (Å²) >= 11 is 0. The number of sulfonamides is 1. The van der Waals surface area contributed by atoms with Gasteiger partial charge in [0.1, 0.15) is 17.2 Å². The van der Waals surface area contributed by atoms with Gasteiger partial charge in [0.2, 0.25) is 0 Å². The molecule has 0 aliphatic rings. The van der Waals surface area contributed by atoms with Crippen molar-refractivity contribution in [1.82, 2.24) is 4.83 Å². The predicted molar refractivity (Wildman–Crippen MR) is 99.7 cm³/mol. The Morgan fingerprint density at radius 3 is 2.27 bits per heavy atom. The van der Waals surface area contributed by atoms with E-state index in [9.17, 15) is 8.42 Å². The number of hydrazone groups is 1. The molecule has 0 spiro atoms. The Labute approximate surface area is 153 Å². The quantitative estimate of drug-likeness (QED) is 0.564. The molecule has 0 saturated heterocycles. The summed E-state index contributed by atoms with van der Waals surface area (Å²) in [5.74, 6) is 1.78. The van der Waals surface area contributed by atoms with Crippen LogP contribution in [-0.2, 0) is 10.0 Å². The van der Waals surface area contributed by atoms with Crippen molar-refractivity contribution in [3.8, 4) is 17.2 Å². The van der Waals surface area contributed by atoms with Crippen LogP contribution in [-0.4, -0.2) is 35.0 Å². The highest BCUT2D eigenvalue weighted by atomic mass is 32.2. The van der Waals surface area contributed by atoms with E-state index in [1.807, 2.05) is 6.92 Å². The number of methoxy groups -OCH3 is 2. The third kappa shape index (κ3) is 4.66. The van der Waals surface area contributed by atoms with Gasteiger partial charge in [-0.3, -0.25) is 0 Å². The fraction of sp³-hybridized carbons (Fsp3) is 0.278. The number of hydrogen-bond donors (Lipinski definition) is 1. The lowest BCUT2D eigenvalue weighted by molar-refractivity contribution is 0.340. The lowest BCUT2D eigenvalue weighted by Gasteiger charge is -2.11. The third-order valence-corrected chi connectivity index (χ3v) is 4.80. The van der Waals surface area contributed by atoms with Crippen molar-refractivity contribution in [2.45, 2.75) is 18.7 Å². The first-order valence-electron chi connectivity index (χ1n) is 7.92. The largest absolute Gasteiger partial charge is 0.497 e. The van der Waals surface area contributed by atoms with Gasteiger partial charge in [-0.25, -0.2) is 0 Å². The van der Waals surface area contributed by atoms with E-state index in [4.69, 9.17) is 14.2 Å². The summed E-state index contributed by atoms with van der Waals surface area (Å²) in [6.45, 7) is 4.05. The van der Waals surface area contributed by atoms with Crippen molar-refractivity contribution in [2.75, 3.05) is 20.8 Å². The zero-order valence-corrected chi connectivity index (χ0v) is 16.0. The van der Waals surface area contributed by atoms with Crippen molar-refractivity contribution in [2.24, 2.45) is 5.10 Å². The van der Waals surface area contributed by atoms with E-state index in [1.54, 1.807) is 44.4 Å². The fourth-order valence-corrected chi connectivity index (χ4v) is 3.08. The van der Waals surface area contributed by atoms with E-state index in [-0.39, 0.29) is 4.90 Å². The first-order chi connectivity index (χ1) is 12.4. The van der Waals surface area contributed by atoms with Gasteiger partial charge >= 0.3 is 0 Å². The molecule has 2 rings (SSSR count). The molecular weight excluding hydrogens is 356 g/mol. The van der Waals surface area contributed by atoms with Crippen LogP contribution in [0, 0.1) is 0 Å². The van der Waals surface area contributed by atoms with Gasteiger partial charge in [0, 0.05) is 5.56 Å². The van der Waals surface area contributed by atoms with E-state index < -0.39 is 10.0 Å². The van der Waals surface area contributed by atoms with Crippen LogP contribution in [0.15, 0.2) is 52.5 Å². The zero-order valence-electron chi connectivity index (χ0n) is 15.1. The van der Waals surface area contributed by atoms with E-state index in [0.29, 0.717) is 35.1 Å². The van der Waals surface area contributed by atoms with Crippen LogP contribution >= 0.6 is 0 Å². The summed E-state index contributed by atoms with van der Waals surface area (Å²) in [5.41, 5.74) is 1.07. The first kappa shape index (κ1) is 19.6. The molecule has 0 fully saturated rings. The fourth-order valence-electron chi connectivity index (χ4n) is 2.22. The highest BCUT2D eigenvalue weighted by Gasteiger charge is 2.14. The minimum atomic E-state index is -3.80. The summed E-state index contributed by atoms with van der Waals surface area (Å²) in [4.78, 5) is 2.33. The molecule has 0 bridgehead atoms. The maximum atomic E-state index is 12.4. The topological polar surface area (TPSA) is 86.2 Å². The van der Waals surface area contributed by atoms with Gasteiger partial charge in [0.05, 0.1) is 31.4 Å². The number of rotatable bonds is 8. The Bertz CT molecular complexity index is 877. The molecule has 0 aromatic heterocycles. The monoisotopic (exact) mass is 378 g/mol. The summed E-state index contributed by atoms with van der Waals surface area (Å²) < 4.78 is 40.6. The van der Waals surface area contributed by atoms with Gasteiger partial charge in [-0.15, -0.1) is 0 Å². The van der Waals surface area contributed by atoms with Crippen LogP contribution < -0.4 is 19.0 Å². The number of hydrogen-bond acceptors (Lipinski definition) is 6. The average molecular weight is 378 g/mol. The van der Waals surface area contributed by atoms with Crippen molar-refractivity contribution in [3.63, 3.8) is 0 Å². The molecule has 0 atom stereocenters. The molecule has 0 heterocycles. The molecule has 0 aliphatic carbocycles. The minimum absolute atomic E-state index is 0.0927. The molecule has 0 saturated carbocycles. The molecule has 0 radical (unpaired) electrons. The van der Waals surface area contributed by atoms with Crippen molar-refractivity contribution >= 4 is 15.7 Å². The summed E-state index contributed by atoms with van der Waals surface area (Å²) in [6.07, 6.45) is 0. The Hall–Kier alpha value is -2.74. The second kappa shape index (κ2) is 8.57. The summed E-state index contributed by atoms with van der Waals surface area (Å²) in [6, 6.07) is 11.3. The smallest absolute Gasteiger partial charge is 0.276 e. The van der Waals surface area contributed by atoms with Crippen LogP contribution in [0.25, 0.3) is 0 Å². The molecule has 0 unspecified atom stereocenters. The molecule has 140 valence electrons. The van der Waals surface area contributed by atoms with Crippen LogP contribution in [0.1, 0.15) is 19.4 Å². The highest BCUT2D eigenvalue weighted by molar-refractivity contribution is 7.89. The molecule has 0 aliphatic heterocycles. The first-order valence-corrected chi connectivity index (χ1v) is 9.41. The molecule has 1 N–H and O–H groups in total. The molecule has 26 heavy (non-hydrogen) atoms. The van der Waals surface area contributed by atoms with Gasteiger partial charge in [0.25, 0.3) is 10.0 Å². The second-order valence-electron chi connectivity index (χ2n) is 5.26. The summed E-state index contributed by atoms with van der Waals surface area (Å²) in [5, 5.41) is 4.00. The van der Waals surface area contributed by atoms with Crippen molar-refractivity contribution < 1.29 is 22.6 Å². The maximum Gasteiger partial charge on any atom is 0.276 e. The minimum Gasteiger partial charge on any atom is -0.497 e. The van der Waals surface area contributed by atoms with Gasteiger partial charge in [-0.05, 0) is 56.3 Å². The standard InChI is InChI=1S/C18H22N2O5S/c1-5-25-14-6-9-16(10-7-14)26(21,22)20-19-13(2)17-12-15(23-3)8-11-18(17)24-4/h6-12,20H,5H2,1-4H3/b19-13-. The van der Waals surface area contributed by atoms with E-state index in [2.05, 4.69) is 9.93 Å². The molecule has 7 nitrogen and oxygen atoms in total. The lowest BCUT2D eigenvalue weighted by Crippen LogP contribution is -2.20. The van der Waals surface area contributed by atoms with E-state index in [1.165, 1.54) is 19.2 Å². The second-order valence-corrected chi connectivity index (χ2v) is 6.92. The SMILES string of the molecule is CCOc1ccc(S(=O)(=O)N/N=C(/C)c2cc(OC)ccc2OC)cc1. The van der Waals surface area contributed by atoms with Gasteiger partial charge in [0.15, 0.2) is 0 Å². The van der Waals surface area contributed by atoms with Crippen LogP contribution in [0.4, 0.5) is 0 Å². The van der Waals surface area contributed by atoms with Crippen LogP contribution in [0.5, 0.6) is 17.2 Å². The Balaban J connectivity index is 2.24. The lowest BCUT2D eigenvalue weighted by atomic mass is 10.1. The normalized spacial score (nSPS) is 11.8. The predicted octanol–water partition coefficient (Wildman–Crippen LogP) is 2.81. The van der Waals surface area contributed by atoms with Gasteiger partial charge in [-0.1, -0.05) is 0 Å². The van der Waals surface area contributed by atoms with E-state index in [0.717, 1.165) is 0 Å². The van der Waals surface area contributed by atoms with Crippen LogP contribution in [0.3, 0.4) is 0 Å². The third-order valence-electron chi connectivity index (χ3n) is 3.57. The molecule has 0 amide bonds. The molecular formula is C18H22N2O5S. The Kier molecular flexibility index (Phi) is 6.46. The average Bonchev–Trinajstić information content (AvgIpc) is 2.66. The number of ether oxygens (including phenoxy) is 3. The zero-order chi connectivity index (χ0) is 19.2. The molecule has 8 heteroatoms.